The molecule has 2 fully saturated rings. The summed E-state index contributed by atoms with van der Waals surface area (Å²) >= 11 is 8.03. The van der Waals surface area contributed by atoms with Gasteiger partial charge in [-0.05, 0) is 81.1 Å². The number of likely N-dealkylation sites (tertiary alicyclic amines) is 1. The van der Waals surface area contributed by atoms with Gasteiger partial charge in [-0.3, -0.25) is 9.69 Å². The number of halogens is 1. The number of likely N-dealkylation sites (N-methyl/N-ethyl adjacent to an activating group) is 1. The third-order valence-corrected chi connectivity index (χ3v) is 8.56. The minimum absolute atomic E-state index is 0.183. The first kappa shape index (κ1) is 24.5. The van der Waals surface area contributed by atoms with Gasteiger partial charge in [-0.15, -0.1) is 11.3 Å². The van der Waals surface area contributed by atoms with Gasteiger partial charge in [0.15, 0.2) is 0 Å². The second-order valence-corrected chi connectivity index (χ2v) is 11.3. The van der Waals surface area contributed by atoms with Gasteiger partial charge >= 0.3 is 0 Å². The molecule has 7 heteroatoms. The number of piperidine rings is 1. The van der Waals surface area contributed by atoms with Crippen LogP contribution in [0.4, 0.5) is 0 Å². The second-order valence-electron chi connectivity index (χ2n) is 9.90. The van der Waals surface area contributed by atoms with Crippen LogP contribution in [-0.4, -0.2) is 73.5 Å². The number of carbonyl (C=O) groups is 1. The molecule has 0 radical (unpaired) electrons. The maximum atomic E-state index is 13.4. The van der Waals surface area contributed by atoms with Crippen molar-refractivity contribution in [1.29, 1.82) is 0 Å². The van der Waals surface area contributed by atoms with Gasteiger partial charge in [-0.1, -0.05) is 11.6 Å². The monoisotopic (exact) mass is 489 g/mol. The van der Waals surface area contributed by atoms with Crippen LogP contribution in [0.25, 0.3) is 0 Å². The number of amides is 1. The molecule has 2 aromatic rings. The van der Waals surface area contributed by atoms with E-state index in [0.29, 0.717) is 13.0 Å². The standard InChI is InChI=1S/C26H36ClN3O2S/c1-20-7-14-33-24(20)17-29-9-4-8-26(18-29,16-25(31)30-12-10-28(3)11-13-30)19-32-22-5-6-23(27)21(2)15-22/h5-7,14-15H,4,8-13,16-19H2,1-3H3. The van der Waals surface area contributed by atoms with Crippen LogP contribution < -0.4 is 4.74 Å². The predicted molar refractivity (Wildman–Crippen MR) is 136 cm³/mol. The Morgan fingerprint density at radius 3 is 2.61 bits per heavy atom. The molecule has 2 aliphatic heterocycles. The van der Waals surface area contributed by atoms with Crippen LogP contribution in [0.3, 0.4) is 0 Å². The number of nitrogens with zero attached hydrogens (tertiary/aromatic N) is 3. The maximum Gasteiger partial charge on any atom is 0.223 e. The van der Waals surface area contributed by atoms with Crippen molar-refractivity contribution in [3.8, 4) is 5.75 Å². The van der Waals surface area contributed by atoms with Crippen LogP contribution in [0.1, 0.15) is 35.3 Å². The Hall–Kier alpha value is -1.60. The lowest BCUT2D eigenvalue weighted by molar-refractivity contribution is -0.137. The van der Waals surface area contributed by atoms with Gasteiger partial charge in [0.1, 0.15) is 5.75 Å². The molecule has 1 atom stereocenters. The minimum Gasteiger partial charge on any atom is -0.493 e. The fourth-order valence-corrected chi connectivity index (χ4v) is 6.02. The molecule has 0 aliphatic carbocycles. The lowest BCUT2D eigenvalue weighted by Gasteiger charge is -2.43. The van der Waals surface area contributed by atoms with Crippen molar-refractivity contribution in [3.63, 3.8) is 0 Å². The van der Waals surface area contributed by atoms with Gasteiger partial charge in [-0.2, -0.15) is 0 Å². The number of hydrogen-bond donors (Lipinski definition) is 0. The van der Waals surface area contributed by atoms with E-state index in [1.165, 1.54) is 10.4 Å². The second kappa shape index (κ2) is 10.8. The van der Waals surface area contributed by atoms with E-state index in [-0.39, 0.29) is 11.3 Å². The Labute approximate surface area is 207 Å². The molecule has 2 saturated heterocycles. The number of benzene rings is 1. The number of rotatable bonds is 7. The van der Waals surface area contributed by atoms with Gasteiger partial charge < -0.3 is 14.5 Å². The van der Waals surface area contributed by atoms with E-state index in [2.05, 4.69) is 40.1 Å². The van der Waals surface area contributed by atoms with Crippen LogP contribution >= 0.6 is 22.9 Å². The van der Waals surface area contributed by atoms with Gasteiger partial charge in [0.05, 0.1) is 6.61 Å². The summed E-state index contributed by atoms with van der Waals surface area (Å²) in [6, 6.07) is 8.01. The van der Waals surface area contributed by atoms with Crippen LogP contribution in [-0.2, 0) is 11.3 Å². The van der Waals surface area contributed by atoms with Crippen molar-refractivity contribution in [3.05, 3.63) is 50.7 Å². The molecule has 180 valence electrons. The maximum absolute atomic E-state index is 13.4. The first-order valence-electron chi connectivity index (χ1n) is 11.9. The number of thiophene rings is 1. The number of ether oxygens (including phenoxy) is 1. The van der Waals surface area contributed by atoms with Crippen molar-refractivity contribution >= 4 is 28.8 Å². The molecule has 1 aromatic heterocycles. The summed E-state index contributed by atoms with van der Waals surface area (Å²) < 4.78 is 6.34. The number of piperazine rings is 1. The molecular formula is C26H36ClN3O2S. The lowest BCUT2D eigenvalue weighted by Crippen LogP contribution is -2.52. The lowest BCUT2D eigenvalue weighted by atomic mass is 9.77. The summed E-state index contributed by atoms with van der Waals surface area (Å²) in [5, 5.41) is 2.92. The van der Waals surface area contributed by atoms with E-state index in [0.717, 1.165) is 75.0 Å². The van der Waals surface area contributed by atoms with Crippen LogP contribution in [0.5, 0.6) is 5.75 Å². The summed E-state index contributed by atoms with van der Waals surface area (Å²) in [6.45, 7) is 11.2. The van der Waals surface area contributed by atoms with Gasteiger partial charge in [-0.25, -0.2) is 0 Å². The van der Waals surface area contributed by atoms with E-state index < -0.39 is 0 Å². The fraction of sp³-hybridized carbons (Fsp3) is 0.577. The molecule has 5 nitrogen and oxygen atoms in total. The molecule has 1 amide bonds. The highest BCUT2D eigenvalue weighted by molar-refractivity contribution is 7.10. The van der Waals surface area contributed by atoms with Crippen LogP contribution in [0, 0.1) is 19.3 Å². The molecule has 0 N–H and O–H groups in total. The first-order chi connectivity index (χ1) is 15.8. The summed E-state index contributed by atoms with van der Waals surface area (Å²) in [7, 11) is 2.12. The summed E-state index contributed by atoms with van der Waals surface area (Å²) in [5.74, 6) is 1.10. The third-order valence-electron chi connectivity index (χ3n) is 7.13. The molecule has 33 heavy (non-hydrogen) atoms. The zero-order valence-electron chi connectivity index (χ0n) is 20.1. The summed E-state index contributed by atoms with van der Waals surface area (Å²) in [6.07, 6.45) is 2.64. The number of carbonyl (C=O) groups excluding carboxylic acids is 1. The van der Waals surface area contributed by atoms with E-state index in [9.17, 15) is 4.79 Å². The van der Waals surface area contributed by atoms with Crippen molar-refractivity contribution in [2.45, 2.75) is 39.7 Å². The molecule has 0 bridgehead atoms. The Balaban J connectivity index is 1.49. The first-order valence-corrected chi connectivity index (χ1v) is 13.2. The van der Waals surface area contributed by atoms with Crippen molar-refractivity contribution < 1.29 is 9.53 Å². The predicted octanol–water partition coefficient (Wildman–Crippen LogP) is 4.84. The zero-order valence-corrected chi connectivity index (χ0v) is 21.7. The Bertz CT molecular complexity index is 957. The minimum atomic E-state index is -0.183. The Morgan fingerprint density at radius 2 is 1.91 bits per heavy atom. The van der Waals surface area contributed by atoms with Crippen molar-refractivity contribution in [2.24, 2.45) is 5.41 Å². The summed E-state index contributed by atoms with van der Waals surface area (Å²) in [4.78, 5) is 21.7. The smallest absolute Gasteiger partial charge is 0.223 e. The quantitative estimate of drug-likeness (QED) is 0.557. The van der Waals surface area contributed by atoms with E-state index in [1.54, 1.807) is 0 Å². The third kappa shape index (κ3) is 6.30. The van der Waals surface area contributed by atoms with E-state index >= 15 is 0 Å². The normalized spacial score (nSPS) is 22.5. The van der Waals surface area contributed by atoms with Crippen LogP contribution in [0.2, 0.25) is 5.02 Å². The Morgan fingerprint density at radius 1 is 1.12 bits per heavy atom. The molecule has 1 unspecified atom stereocenters. The zero-order chi connectivity index (χ0) is 23.4. The average molecular weight is 490 g/mol. The fourth-order valence-electron chi connectivity index (χ4n) is 4.96. The van der Waals surface area contributed by atoms with Crippen molar-refractivity contribution in [1.82, 2.24) is 14.7 Å². The van der Waals surface area contributed by atoms with E-state index in [4.69, 9.17) is 16.3 Å². The van der Waals surface area contributed by atoms with Crippen LogP contribution in [0.15, 0.2) is 29.6 Å². The number of hydrogen-bond acceptors (Lipinski definition) is 5. The molecule has 3 heterocycles. The summed E-state index contributed by atoms with van der Waals surface area (Å²) in [5.41, 5.74) is 2.19. The highest BCUT2D eigenvalue weighted by Gasteiger charge is 2.40. The molecule has 1 aromatic carbocycles. The highest BCUT2D eigenvalue weighted by Crippen LogP contribution is 2.37. The SMILES string of the molecule is Cc1cc(OCC2(CC(=O)N3CCN(C)CC3)CCCN(Cc3sccc3C)C2)ccc1Cl. The average Bonchev–Trinajstić information content (AvgIpc) is 3.19. The Kier molecular flexibility index (Phi) is 8.00. The molecule has 0 spiro atoms. The highest BCUT2D eigenvalue weighted by atomic mass is 35.5. The van der Waals surface area contributed by atoms with Gasteiger partial charge in [0, 0.05) is 61.0 Å². The van der Waals surface area contributed by atoms with E-state index in [1.807, 2.05) is 36.5 Å². The van der Waals surface area contributed by atoms with Crippen molar-refractivity contribution in [2.75, 3.05) is 52.9 Å². The van der Waals surface area contributed by atoms with Gasteiger partial charge in [0.25, 0.3) is 0 Å². The van der Waals surface area contributed by atoms with Gasteiger partial charge in [0.2, 0.25) is 5.91 Å². The topological polar surface area (TPSA) is 36.0 Å². The molecule has 0 saturated carbocycles. The largest absolute Gasteiger partial charge is 0.493 e. The molecule has 4 rings (SSSR count). The molecular weight excluding hydrogens is 454 g/mol. The molecule has 2 aliphatic rings. The number of aryl methyl sites for hydroxylation is 2.